The van der Waals surface area contributed by atoms with Crippen molar-refractivity contribution in [3.63, 3.8) is 0 Å². The lowest BCUT2D eigenvalue weighted by atomic mass is 10.1. The molecule has 0 radical (unpaired) electrons. The number of unbranched alkanes of at least 4 members (excludes halogenated alkanes) is 2. The van der Waals surface area contributed by atoms with Crippen LogP contribution in [0.25, 0.3) is 0 Å². The molecule has 4 heteroatoms. The Morgan fingerprint density at radius 3 is 2.47 bits per heavy atom. The summed E-state index contributed by atoms with van der Waals surface area (Å²) in [6.07, 6.45) is 3.74. The van der Waals surface area contributed by atoms with Crippen molar-refractivity contribution in [3.8, 4) is 0 Å². The highest BCUT2D eigenvalue weighted by Gasteiger charge is 1.97. The third kappa shape index (κ3) is 7.57. The second-order valence-electron chi connectivity index (χ2n) is 4.76. The Balaban J connectivity index is 2.11. The van der Waals surface area contributed by atoms with Gasteiger partial charge in [0.1, 0.15) is 5.78 Å². The van der Waals surface area contributed by atoms with Gasteiger partial charge >= 0.3 is 0 Å². The zero-order valence-electron chi connectivity index (χ0n) is 11.7. The molecule has 0 aromatic heterocycles. The number of carbonyl (C=O) groups is 1. The number of ketones is 1. The molecular weight excluding hydrogens is 256 g/mol. The number of hydrogen-bond acceptors (Lipinski definition) is 2. The number of Topliss-reactive ketones (excluding diaryl/α,β-unsaturated/α-hetero) is 1. The number of carbonyl (C=O) groups excluding carboxylic acids is 1. The van der Waals surface area contributed by atoms with Gasteiger partial charge in [-0.25, -0.2) is 0 Å². The Morgan fingerprint density at radius 1 is 1.16 bits per heavy atom. The molecule has 1 aromatic rings. The Labute approximate surface area is 120 Å². The molecule has 1 aromatic carbocycles. The summed E-state index contributed by atoms with van der Waals surface area (Å²) >= 11 is 5.21. The number of aryl methyl sites for hydroxylation is 1. The lowest BCUT2D eigenvalue weighted by molar-refractivity contribution is -0.117. The molecule has 0 aliphatic heterocycles. The summed E-state index contributed by atoms with van der Waals surface area (Å²) in [6, 6.07) is 8.12. The number of anilines is 1. The molecule has 0 atom stereocenters. The Bertz CT molecular complexity index is 415. The van der Waals surface area contributed by atoms with E-state index < -0.39 is 0 Å². The van der Waals surface area contributed by atoms with Crippen molar-refractivity contribution >= 4 is 28.8 Å². The number of thiocarbonyl (C=S) groups is 1. The first kappa shape index (κ1) is 15.6. The van der Waals surface area contributed by atoms with Crippen molar-refractivity contribution in [1.29, 1.82) is 0 Å². The average Bonchev–Trinajstić information content (AvgIpc) is 2.36. The normalized spacial score (nSPS) is 10.0. The molecular formula is C15H22N2OS. The topological polar surface area (TPSA) is 41.1 Å². The fraction of sp³-hybridized carbons (Fsp3) is 0.467. The van der Waals surface area contributed by atoms with Crippen LogP contribution in [0.4, 0.5) is 5.69 Å². The molecule has 104 valence electrons. The first-order chi connectivity index (χ1) is 9.08. The zero-order valence-corrected chi connectivity index (χ0v) is 12.5. The van der Waals surface area contributed by atoms with Crippen molar-refractivity contribution in [2.75, 3.05) is 11.9 Å². The van der Waals surface area contributed by atoms with Crippen molar-refractivity contribution in [2.45, 2.75) is 39.5 Å². The molecule has 1 rings (SSSR count). The van der Waals surface area contributed by atoms with Gasteiger partial charge in [-0.15, -0.1) is 0 Å². The van der Waals surface area contributed by atoms with Gasteiger partial charge in [-0.2, -0.15) is 0 Å². The predicted molar refractivity (Wildman–Crippen MR) is 84.6 cm³/mol. The van der Waals surface area contributed by atoms with E-state index in [1.165, 1.54) is 5.56 Å². The van der Waals surface area contributed by atoms with Crippen LogP contribution in [0.2, 0.25) is 0 Å². The largest absolute Gasteiger partial charge is 0.362 e. The van der Waals surface area contributed by atoms with Crippen molar-refractivity contribution < 1.29 is 4.79 Å². The standard InChI is InChI=1S/C15H22N2OS/c1-12-7-9-14(10-8-12)17-15(19)16-11-5-3-4-6-13(2)18/h7-10H,3-6,11H2,1-2H3,(H2,16,17,19). The first-order valence-corrected chi connectivity index (χ1v) is 7.09. The van der Waals surface area contributed by atoms with E-state index >= 15 is 0 Å². The molecule has 0 unspecified atom stereocenters. The molecule has 0 saturated carbocycles. The third-order valence-electron chi connectivity index (χ3n) is 2.80. The van der Waals surface area contributed by atoms with Gasteiger partial charge in [0, 0.05) is 18.7 Å². The van der Waals surface area contributed by atoms with Crippen LogP contribution in [-0.4, -0.2) is 17.4 Å². The smallest absolute Gasteiger partial charge is 0.170 e. The van der Waals surface area contributed by atoms with Crippen LogP contribution in [0, 0.1) is 6.92 Å². The highest BCUT2D eigenvalue weighted by molar-refractivity contribution is 7.80. The van der Waals surface area contributed by atoms with Crippen molar-refractivity contribution in [3.05, 3.63) is 29.8 Å². The summed E-state index contributed by atoms with van der Waals surface area (Å²) in [5.74, 6) is 0.268. The van der Waals surface area contributed by atoms with Crippen LogP contribution < -0.4 is 10.6 Å². The first-order valence-electron chi connectivity index (χ1n) is 6.69. The van der Waals surface area contributed by atoms with E-state index in [0.29, 0.717) is 11.5 Å². The molecule has 0 aliphatic rings. The highest BCUT2D eigenvalue weighted by Crippen LogP contribution is 2.08. The van der Waals surface area contributed by atoms with Crippen LogP contribution in [0.1, 0.15) is 38.2 Å². The van der Waals surface area contributed by atoms with Crippen LogP contribution in [0.3, 0.4) is 0 Å². The Hall–Kier alpha value is -1.42. The van der Waals surface area contributed by atoms with Gasteiger partial charge in [-0.05, 0) is 51.0 Å². The summed E-state index contributed by atoms with van der Waals surface area (Å²) < 4.78 is 0. The maximum atomic E-state index is 10.8. The van der Waals surface area contributed by atoms with Gasteiger partial charge in [0.15, 0.2) is 5.11 Å². The van der Waals surface area contributed by atoms with Gasteiger partial charge in [-0.3, -0.25) is 0 Å². The van der Waals surface area contributed by atoms with Crippen LogP contribution >= 0.6 is 12.2 Å². The van der Waals surface area contributed by atoms with E-state index in [2.05, 4.69) is 17.6 Å². The Morgan fingerprint density at radius 2 is 1.84 bits per heavy atom. The Kier molecular flexibility index (Phi) is 7.11. The highest BCUT2D eigenvalue weighted by atomic mass is 32.1. The van der Waals surface area contributed by atoms with Crippen LogP contribution in [0.15, 0.2) is 24.3 Å². The van der Waals surface area contributed by atoms with Crippen LogP contribution in [0.5, 0.6) is 0 Å². The number of nitrogens with one attached hydrogen (secondary N) is 2. The second kappa shape index (κ2) is 8.64. The molecule has 0 spiro atoms. The molecule has 2 N–H and O–H groups in total. The minimum absolute atomic E-state index is 0.268. The van der Waals surface area contributed by atoms with Gasteiger partial charge < -0.3 is 15.4 Å². The lowest BCUT2D eigenvalue weighted by Gasteiger charge is -2.10. The molecule has 0 heterocycles. The van der Waals surface area contributed by atoms with Gasteiger partial charge in [0.2, 0.25) is 0 Å². The fourth-order valence-electron chi connectivity index (χ4n) is 1.69. The van der Waals surface area contributed by atoms with Crippen LogP contribution in [-0.2, 0) is 4.79 Å². The number of hydrogen-bond donors (Lipinski definition) is 2. The predicted octanol–water partition coefficient (Wildman–Crippen LogP) is 3.43. The van der Waals surface area contributed by atoms with E-state index in [1.807, 2.05) is 24.3 Å². The molecule has 0 saturated heterocycles. The maximum absolute atomic E-state index is 10.8. The fourth-order valence-corrected chi connectivity index (χ4v) is 1.91. The molecule has 0 bridgehead atoms. The number of benzene rings is 1. The van der Waals surface area contributed by atoms with Crippen molar-refractivity contribution in [1.82, 2.24) is 5.32 Å². The maximum Gasteiger partial charge on any atom is 0.170 e. The van der Waals surface area contributed by atoms with Gasteiger partial charge in [-0.1, -0.05) is 24.1 Å². The number of rotatable bonds is 7. The van der Waals surface area contributed by atoms with E-state index in [1.54, 1.807) is 6.92 Å². The summed E-state index contributed by atoms with van der Waals surface area (Å²) in [4.78, 5) is 10.8. The van der Waals surface area contributed by atoms with E-state index in [0.717, 1.165) is 31.5 Å². The third-order valence-corrected chi connectivity index (χ3v) is 3.05. The monoisotopic (exact) mass is 278 g/mol. The molecule has 0 amide bonds. The molecule has 19 heavy (non-hydrogen) atoms. The van der Waals surface area contributed by atoms with E-state index in [-0.39, 0.29) is 5.78 Å². The molecule has 0 aliphatic carbocycles. The SMILES string of the molecule is CC(=O)CCCCCNC(=S)Nc1ccc(C)cc1. The van der Waals surface area contributed by atoms with E-state index in [9.17, 15) is 4.79 Å². The summed E-state index contributed by atoms with van der Waals surface area (Å²) in [5.41, 5.74) is 2.23. The second-order valence-corrected chi connectivity index (χ2v) is 5.17. The molecule has 3 nitrogen and oxygen atoms in total. The van der Waals surface area contributed by atoms with Gasteiger partial charge in [0.25, 0.3) is 0 Å². The minimum atomic E-state index is 0.268. The van der Waals surface area contributed by atoms with Gasteiger partial charge in [0.05, 0.1) is 0 Å². The summed E-state index contributed by atoms with van der Waals surface area (Å²) in [7, 11) is 0. The summed E-state index contributed by atoms with van der Waals surface area (Å²) in [5, 5.41) is 6.96. The minimum Gasteiger partial charge on any atom is -0.362 e. The van der Waals surface area contributed by atoms with E-state index in [4.69, 9.17) is 12.2 Å². The van der Waals surface area contributed by atoms with Crippen molar-refractivity contribution in [2.24, 2.45) is 0 Å². The summed E-state index contributed by atoms with van der Waals surface area (Å²) in [6.45, 7) is 4.54. The zero-order chi connectivity index (χ0) is 14.1. The lowest BCUT2D eigenvalue weighted by Crippen LogP contribution is -2.29. The quantitative estimate of drug-likeness (QED) is 0.592. The molecule has 0 fully saturated rings. The average molecular weight is 278 g/mol.